The lowest BCUT2D eigenvalue weighted by molar-refractivity contribution is -0.120. The van der Waals surface area contributed by atoms with Gasteiger partial charge in [0, 0.05) is 30.6 Å². The Balaban J connectivity index is 1.47. The summed E-state index contributed by atoms with van der Waals surface area (Å²) < 4.78 is 23.5. The van der Waals surface area contributed by atoms with Crippen LogP contribution in [0.1, 0.15) is 11.4 Å². The fourth-order valence-electron chi connectivity index (χ4n) is 3.06. The molecule has 0 saturated heterocycles. The van der Waals surface area contributed by atoms with Gasteiger partial charge < -0.3 is 10.1 Å². The summed E-state index contributed by atoms with van der Waals surface area (Å²) in [6, 6.07) is 11.5. The van der Waals surface area contributed by atoms with Crippen LogP contribution in [0.4, 0.5) is 15.9 Å². The van der Waals surface area contributed by atoms with E-state index in [1.54, 1.807) is 22.9 Å². The van der Waals surface area contributed by atoms with Crippen LogP contribution in [0.15, 0.2) is 59.7 Å². The fraction of sp³-hybridized carbons (Fsp3) is 0.143. The van der Waals surface area contributed by atoms with Crippen LogP contribution < -0.4 is 19.1 Å². The molecule has 0 aliphatic heterocycles. The minimum absolute atomic E-state index is 0.0412. The predicted octanol–water partition coefficient (Wildman–Crippen LogP) is 2.26. The first-order valence-corrected chi connectivity index (χ1v) is 11.1. The van der Waals surface area contributed by atoms with Gasteiger partial charge >= 0.3 is 0 Å². The Morgan fingerprint density at radius 1 is 1.18 bits per heavy atom. The number of hydrogen-bond donors (Lipinski definition) is 3. The third-order valence-electron chi connectivity index (χ3n) is 4.75. The topological polar surface area (TPSA) is 140 Å². The van der Waals surface area contributed by atoms with Crippen LogP contribution >= 0.6 is 22.9 Å². The van der Waals surface area contributed by atoms with Crippen molar-refractivity contribution in [2.75, 3.05) is 11.9 Å². The van der Waals surface area contributed by atoms with Crippen LogP contribution in [0.25, 0.3) is 5.69 Å². The van der Waals surface area contributed by atoms with E-state index in [4.69, 9.17) is 4.74 Å². The molecule has 0 bridgehead atoms. The molecule has 2 aromatic heterocycles. The Hall–Kier alpha value is -3.88. The van der Waals surface area contributed by atoms with Gasteiger partial charge in [-0.15, -0.1) is 10.2 Å². The number of anilines is 2. The quantitative estimate of drug-likeness (QED) is 0.204. The number of aryl methyl sites for hydroxylation is 2. The standard InChI is InChI=1S/C21H18FIN8O3/c22-16-11-15(34-12-19(32)26-23)6-7-17(16)25-20-21(33)31(10-9-24-20)14-4-1-13(2-5-14)3-8-18-27-29-30-28-18/h1-2,4-7,9-11H,3,8,12H2,(H,24,25)(H,26,32)(H,27,28,29,30). The number of aromatic amines is 1. The average molecular weight is 576 g/mol. The van der Waals surface area contributed by atoms with E-state index in [1.165, 1.54) is 29.1 Å². The molecule has 4 aromatic rings. The van der Waals surface area contributed by atoms with E-state index in [0.717, 1.165) is 18.1 Å². The number of aromatic nitrogens is 6. The summed E-state index contributed by atoms with van der Waals surface area (Å²) in [4.78, 5) is 28.3. The van der Waals surface area contributed by atoms with Crippen molar-refractivity contribution < 1.29 is 13.9 Å². The Bertz CT molecular complexity index is 1330. The summed E-state index contributed by atoms with van der Waals surface area (Å²) in [6.07, 6.45) is 4.35. The summed E-state index contributed by atoms with van der Waals surface area (Å²) >= 11 is 1.69. The number of tetrazole rings is 1. The van der Waals surface area contributed by atoms with Gasteiger partial charge in [0.2, 0.25) is 0 Å². The Morgan fingerprint density at radius 3 is 2.71 bits per heavy atom. The number of nitrogens with one attached hydrogen (secondary N) is 3. The molecule has 0 saturated carbocycles. The van der Waals surface area contributed by atoms with Gasteiger partial charge in [-0.1, -0.05) is 17.3 Å². The molecule has 174 valence electrons. The van der Waals surface area contributed by atoms with E-state index in [1.807, 2.05) is 24.3 Å². The fourth-order valence-corrected chi connectivity index (χ4v) is 3.21. The zero-order chi connectivity index (χ0) is 23.9. The number of nitrogens with zero attached hydrogens (tertiary/aromatic N) is 5. The second-order valence-electron chi connectivity index (χ2n) is 7.02. The molecule has 34 heavy (non-hydrogen) atoms. The van der Waals surface area contributed by atoms with Gasteiger partial charge in [0.1, 0.15) is 11.6 Å². The third-order valence-corrected chi connectivity index (χ3v) is 5.35. The van der Waals surface area contributed by atoms with Gasteiger partial charge in [-0.2, -0.15) is 5.21 Å². The van der Waals surface area contributed by atoms with Crippen molar-refractivity contribution in [2.24, 2.45) is 0 Å². The van der Waals surface area contributed by atoms with Crippen molar-refractivity contribution in [3.05, 3.63) is 82.4 Å². The number of rotatable bonds is 9. The van der Waals surface area contributed by atoms with E-state index in [2.05, 4.69) is 34.5 Å². The monoisotopic (exact) mass is 576 g/mol. The first-order valence-electron chi connectivity index (χ1n) is 10.0. The van der Waals surface area contributed by atoms with E-state index in [9.17, 15) is 14.0 Å². The van der Waals surface area contributed by atoms with Crippen molar-refractivity contribution in [3.8, 4) is 11.4 Å². The van der Waals surface area contributed by atoms with Gasteiger partial charge in [-0.25, -0.2) is 9.37 Å². The van der Waals surface area contributed by atoms with Crippen LogP contribution in [-0.4, -0.2) is 42.7 Å². The molecule has 0 unspecified atom stereocenters. The summed E-state index contributed by atoms with van der Waals surface area (Å²) in [7, 11) is 0. The minimum Gasteiger partial charge on any atom is -0.484 e. The van der Waals surface area contributed by atoms with Gasteiger partial charge in [0.25, 0.3) is 11.5 Å². The second-order valence-corrected chi connectivity index (χ2v) is 7.56. The Morgan fingerprint density at radius 2 is 2.00 bits per heavy atom. The zero-order valence-electron chi connectivity index (χ0n) is 17.5. The SMILES string of the molecule is O=C(COc1ccc(Nc2nccn(-c3ccc(CCc4nn[nH]n4)cc3)c2=O)c(F)c1)NI. The lowest BCUT2D eigenvalue weighted by Crippen LogP contribution is -2.22. The van der Waals surface area contributed by atoms with Crippen LogP contribution in [0.3, 0.4) is 0 Å². The zero-order valence-corrected chi connectivity index (χ0v) is 19.7. The smallest absolute Gasteiger partial charge is 0.298 e. The number of halogens is 2. The molecule has 2 aromatic carbocycles. The van der Waals surface area contributed by atoms with Gasteiger partial charge in [-0.05, 0) is 36.2 Å². The first kappa shape index (κ1) is 23.3. The maximum Gasteiger partial charge on any atom is 0.298 e. The number of ether oxygens (including phenoxy) is 1. The lowest BCUT2D eigenvalue weighted by atomic mass is 10.1. The number of hydrogen-bond acceptors (Lipinski definition) is 8. The van der Waals surface area contributed by atoms with Crippen LogP contribution in [0, 0.1) is 5.82 Å². The lowest BCUT2D eigenvalue weighted by Gasteiger charge is -2.11. The van der Waals surface area contributed by atoms with Crippen molar-refractivity contribution in [2.45, 2.75) is 12.8 Å². The molecule has 0 aliphatic rings. The maximum atomic E-state index is 14.5. The molecule has 0 aliphatic carbocycles. The Labute approximate surface area is 206 Å². The number of benzene rings is 2. The predicted molar refractivity (Wildman–Crippen MR) is 129 cm³/mol. The molecule has 13 heteroatoms. The molecule has 0 radical (unpaired) electrons. The molecule has 0 atom stereocenters. The third kappa shape index (κ3) is 5.72. The van der Waals surface area contributed by atoms with E-state index < -0.39 is 11.4 Å². The molecular formula is C21H18FIN8O3. The van der Waals surface area contributed by atoms with E-state index in [0.29, 0.717) is 17.9 Å². The number of carbonyl (C=O) groups excluding carboxylic acids is 1. The van der Waals surface area contributed by atoms with Gasteiger partial charge in [0.15, 0.2) is 18.2 Å². The van der Waals surface area contributed by atoms with Crippen LogP contribution in [0.5, 0.6) is 5.75 Å². The average Bonchev–Trinajstić information content (AvgIpc) is 3.38. The van der Waals surface area contributed by atoms with Crippen molar-refractivity contribution >= 4 is 40.3 Å². The van der Waals surface area contributed by atoms with E-state index in [-0.39, 0.29) is 29.8 Å². The summed E-state index contributed by atoms with van der Waals surface area (Å²) in [5, 5.41) is 16.5. The van der Waals surface area contributed by atoms with E-state index >= 15 is 0 Å². The molecule has 0 spiro atoms. The normalized spacial score (nSPS) is 10.6. The Kier molecular flexibility index (Phi) is 7.41. The number of H-pyrrole nitrogens is 1. The molecule has 11 nitrogen and oxygen atoms in total. The van der Waals surface area contributed by atoms with Crippen molar-refractivity contribution in [3.63, 3.8) is 0 Å². The largest absolute Gasteiger partial charge is 0.484 e. The molecule has 0 fully saturated rings. The molecule has 1 amide bonds. The highest BCUT2D eigenvalue weighted by atomic mass is 127. The van der Waals surface area contributed by atoms with Crippen molar-refractivity contribution in [1.82, 2.24) is 33.7 Å². The van der Waals surface area contributed by atoms with Crippen LogP contribution in [-0.2, 0) is 17.6 Å². The highest BCUT2D eigenvalue weighted by Gasteiger charge is 2.11. The second kappa shape index (κ2) is 10.8. The summed E-state index contributed by atoms with van der Waals surface area (Å²) in [5.41, 5.74) is 1.29. The van der Waals surface area contributed by atoms with Crippen molar-refractivity contribution in [1.29, 1.82) is 0 Å². The molecule has 3 N–H and O–H groups in total. The summed E-state index contributed by atoms with van der Waals surface area (Å²) in [5.74, 6) is -0.239. The minimum atomic E-state index is -0.657. The van der Waals surface area contributed by atoms with Gasteiger partial charge in [-0.3, -0.25) is 17.7 Å². The summed E-state index contributed by atoms with van der Waals surface area (Å²) in [6.45, 7) is -0.240. The van der Waals surface area contributed by atoms with Crippen LogP contribution in [0.2, 0.25) is 0 Å². The molecule has 4 rings (SSSR count). The molecule has 2 heterocycles. The number of carbonyl (C=O) groups is 1. The highest BCUT2D eigenvalue weighted by molar-refractivity contribution is 14.1. The first-order chi connectivity index (χ1) is 16.5. The number of amides is 1. The van der Waals surface area contributed by atoms with Gasteiger partial charge in [0.05, 0.1) is 28.6 Å². The molecular weight excluding hydrogens is 558 g/mol. The maximum absolute atomic E-state index is 14.5. The highest BCUT2D eigenvalue weighted by Crippen LogP contribution is 2.22.